The molecule has 0 radical (unpaired) electrons. The van der Waals surface area contributed by atoms with Gasteiger partial charge >= 0.3 is 0 Å². The highest BCUT2D eigenvalue weighted by Crippen LogP contribution is 2.02. The molecular weight excluding hydrogens is 319 g/mol. The van der Waals surface area contributed by atoms with Crippen molar-refractivity contribution in [2.75, 3.05) is 32.4 Å². The Morgan fingerprint density at radius 3 is 2.39 bits per heavy atom. The lowest BCUT2D eigenvalue weighted by Gasteiger charge is -2.12. The lowest BCUT2D eigenvalue weighted by atomic mass is 10.1. The first-order valence-electron chi connectivity index (χ1n) is 7.63. The molecule has 8 heteroatoms. The van der Waals surface area contributed by atoms with Gasteiger partial charge in [-0.3, -0.25) is 4.99 Å². The van der Waals surface area contributed by atoms with Crippen LogP contribution >= 0.6 is 0 Å². The average Bonchev–Trinajstić information content (AvgIpc) is 2.54. The van der Waals surface area contributed by atoms with Crippen molar-refractivity contribution in [2.45, 2.75) is 19.8 Å². The fourth-order valence-corrected chi connectivity index (χ4v) is 2.48. The van der Waals surface area contributed by atoms with Crippen molar-refractivity contribution in [1.82, 2.24) is 15.4 Å². The monoisotopic (exact) mass is 344 g/mol. The van der Waals surface area contributed by atoms with Crippen molar-refractivity contribution in [3.8, 4) is 0 Å². The van der Waals surface area contributed by atoms with Gasteiger partial charge in [0.05, 0.1) is 5.75 Å². The molecule has 0 saturated carbocycles. The molecule has 0 aliphatic carbocycles. The van der Waals surface area contributed by atoms with Crippen LogP contribution in [0.25, 0.3) is 0 Å². The van der Waals surface area contributed by atoms with Crippen LogP contribution in [0.3, 0.4) is 0 Å². The van der Waals surface area contributed by atoms with Crippen LogP contribution in [0.2, 0.25) is 0 Å². The summed E-state index contributed by atoms with van der Waals surface area (Å²) in [4.78, 5) is 4.09. The zero-order chi connectivity index (χ0) is 17.1. The van der Waals surface area contributed by atoms with Crippen LogP contribution in [0.1, 0.15) is 18.9 Å². The van der Waals surface area contributed by atoms with Crippen LogP contribution in [0.4, 0.5) is 4.39 Å². The van der Waals surface area contributed by atoms with E-state index in [1.54, 1.807) is 26.1 Å². The summed E-state index contributed by atoms with van der Waals surface area (Å²) in [7, 11) is -1.45. The van der Waals surface area contributed by atoms with E-state index in [4.69, 9.17) is 0 Å². The number of guanidine groups is 1. The Morgan fingerprint density at radius 1 is 1.13 bits per heavy atom. The Balaban J connectivity index is 2.18. The van der Waals surface area contributed by atoms with Crippen molar-refractivity contribution < 1.29 is 12.8 Å². The fraction of sp³-hybridized carbons (Fsp3) is 0.533. The van der Waals surface area contributed by atoms with E-state index in [0.717, 1.165) is 12.0 Å². The fourth-order valence-electron chi connectivity index (χ4n) is 1.82. The summed E-state index contributed by atoms with van der Waals surface area (Å²) in [5.41, 5.74) is 1.04. The minimum Gasteiger partial charge on any atom is -0.356 e. The second kappa shape index (κ2) is 10.2. The summed E-state index contributed by atoms with van der Waals surface area (Å²) in [6.45, 7) is 3.29. The molecule has 1 aromatic carbocycles. The van der Waals surface area contributed by atoms with Gasteiger partial charge in [-0.1, -0.05) is 12.1 Å². The zero-order valence-electron chi connectivity index (χ0n) is 13.6. The van der Waals surface area contributed by atoms with E-state index in [9.17, 15) is 12.8 Å². The first kappa shape index (κ1) is 19.4. The van der Waals surface area contributed by atoms with Gasteiger partial charge in [-0.15, -0.1) is 0 Å². The lowest BCUT2D eigenvalue weighted by Crippen LogP contribution is -2.39. The molecule has 23 heavy (non-hydrogen) atoms. The highest BCUT2D eigenvalue weighted by molar-refractivity contribution is 7.89. The van der Waals surface area contributed by atoms with Crippen LogP contribution in [-0.2, 0) is 16.4 Å². The SMILES string of the molecule is CCS(=O)(=O)NCCCNC(=NC)NCCc1ccc(F)cc1. The molecule has 0 spiro atoms. The standard InChI is InChI=1S/C15H25FN4O2S/c1-3-23(21,22)20-11-4-10-18-15(17-2)19-12-9-13-5-7-14(16)8-6-13/h5-8,20H,3-4,9-12H2,1-2H3,(H2,17,18,19). The van der Waals surface area contributed by atoms with Crippen LogP contribution in [0.15, 0.2) is 29.3 Å². The van der Waals surface area contributed by atoms with Crippen molar-refractivity contribution in [2.24, 2.45) is 4.99 Å². The van der Waals surface area contributed by atoms with Crippen molar-refractivity contribution in [3.05, 3.63) is 35.6 Å². The first-order valence-corrected chi connectivity index (χ1v) is 9.28. The topological polar surface area (TPSA) is 82.6 Å². The predicted octanol–water partition coefficient (Wildman–Crippen LogP) is 0.863. The maximum atomic E-state index is 12.8. The highest BCUT2D eigenvalue weighted by atomic mass is 32.2. The second-order valence-electron chi connectivity index (χ2n) is 4.95. The van der Waals surface area contributed by atoms with E-state index < -0.39 is 10.0 Å². The van der Waals surface area contributed by atoms with Gasteiger partial charge in [-0.25, -0.2) is 17.5 Å². The molecule has 0 bridgehead atoms. The summed E-state index contributed by atoms with van der Waals surface area (Å²) >= 11 is 0. The van der Waals surface area contributed by atoms with Crippen LogP contribution in [-0.4, -0.2) is 46.8 Å². The summed E-state index contributed by atoms with van der Waals surface area (Å²) in [5.74, 6) is 0.510. The van der Waals surface area contributed by atoms with Gasteiger partial charge in [0.15, 0.2) is 5.96 Å². The Labute approximate surface area is 137 Å². The minimum atomic E-state index is -3.12. The number of hydrogen-bond acceptors (Lipinski definition) is 3. The predicted molar refractivity (Wildman–Crippen MR) is 91.5 cm³/mol. The van der Waals surface area contributed by atoms with E-state index in [1.807, 2.05) is 0 Å². The minimum absolute atomic E-state index is 0.0903. The first-order chi connectivity index (χ1) is 11.0. The third kappa shape index (κ3) is 8.51. The number of nitrogens with zero attached hydrogens (tertiary/aromatic N) is 1. The van der Waals surface area contributed by atoms with Crippen LogP contribution in [0, 0.1) is 5.82 Å². The Kier molecular flexibility index (Phi) is 8.57. The molecule has 0 heterocycles. The van der Waals surface area contributed by atoms with E-state index in [2.05, 4.69) is 20.3 Å². The molecule has 0 aliphatic heterocycles. The number of aliphatic imine (C=N–C) groups is 1. The molecule has 0 aliphatic rings. The molecule has 0 saturated heterocycles. The molecular formula is C15H25FN4O2S. The summed E-state index contributed by atoms with van der Waals surface area (Å²) in [6.07, 6.45) is 1.43. The molecule has 130 valence electrons. The molecule has 1 rings (SSSR count). The van der Waals surface area contributed by atoms with E-state index in [1.165, 1.54) is 12.1 Å². The van der Waals surface area contributed by atoms with E-state index in [0.29, 0.717) is 32.0 Å². The molecule has 1 aromatic rings. The Morgan fingerprint density at radius 2 is 1.78 bits per heavy atom. The van der Waals surface area contributed by atoms with Crippen LogP contribution in [0.5, 0.6) is 0 Å². The van der Waals surface area contributed by atoms with Gasteiger partial charge < -0.3 is 10.6 Å². The van der Waals surface area contributed by atoms with Gasteiger partial charge in [-0.2, -0.15) is 0 Å². The van der Waals surface area contributed by atoms with Gasteiger partial charge in [0.25, 0.3) is 0 Å². The van der Waals surface area contributed by atoms with Gasteiger partial charge in [0.2, 0.25) is 10.0 Å². The van der Waals surface area contributed by atoms with Gasteiger partial charge in [0, 0.05) is 26.7 Å². The Bertz CT molecular complexity index is 588. The molecule has 0 unspecified atom stereocenters. The molecule has 0 fully saturated rings. The quantitative estimate of drug-likeness (QED) is 0.353. The molecule has 0 aromatic heterocycles. The number of benzene rings is 1. The van der Waals surface area contributed by atoms with E-state index >= 15 is 0 Å². The number of hydrogen-bond donors (Lipinski definition) is 3. The third-order valence-electron chi connectivity index (χ3n) is 3.19. The van der Waals surface area contributed by atoms with Gasteiger partial charge in [-0.05, 0) is 37.5 Å². The molecule has 0 amide bonds. The van der Waals surface area contributed by atoms with Gasteiger partial charge in [0.1, 0.15) is 5.82 Å². The number of halogens is 1. The molecule has 3 N–H and O–H groups in total. The molecule has 6 nitrogen and oxygen atoms in total. The number of sulfonamides is 1. The van der Waals surface area contributed by atoms with Crippen molar-refractivity contribution in [1.29, 1.82) is 0 Å². The van der Waals surface area contributed by atoms with Crippen molar-refractivity contribution >= 4 is 16.0 Å². The maximum Gasteiger partial charge on any atom is 0.211 e. The summed E-state index contributed by atoms with van der Waals surface area (Å²) in [6, 6.07) is 6.40. The Hall–Kier alpha value is -1.67. The third-order valence-corrected chi connectivity index (χ3v) is 4.60. The number of rotatable bonds is 9. The van der Waals surface area contributed by atoms with Crippen molar-refractivity contribution in [3.63, 3.8) is 0 Å². The highest BCUT2D eigenvalue weighted by Gasteiger charge is 2.04. The number of nitrogens with one attached hydrogen (secondary N) is 3. The average molecular weight is 344 g/mol. The maximum absolute atomic E-state index is 12.8. The zero-order valence-corrected chi connectivity index (χ0v) is 14.4. The van der Waals surface area contributed by atoms with Crippen LogP contribution < -0.4 is 15.4 Å². The van der Waals surface area contributed by atoms with E-state index in [-0.39, 0.29) is 11.6 Å². The second-order valence-corrected chi connectivity index (χ2v) is 7.05. The summed E-state index contributed by atoms with van der Waals surface area (Å²) < 4.78 is 37.8. The molecule has 0 atom stereocenters. The normalized spacial score (nSPS) is 12.2. The smallest absolute Gasteiger partial charge is 0.211 e. The largest absolute Gasteiger partial charge is 0.356 e. The lowest BCUT2D eigenvalue weighted by molar-refractivity contribution is 0.579. The summed E-state index contributed by atoms with van der Waals surface area (Å²) in [5, 5.41) is 6.27.